The van der Waals surface area contributed by atoms with Gasteiger partial charge in [0.15, 0.2) is 0 Å². The van der Waals surface area contributed by atoms with E-state index in [-0.39, 0.29) is 16.9 Å². The third kappa shape index (κ3) is 1.52. The zero-order valence-electron chi connectivity index (χ0n) is 14.6. The Hall–Kier alpha value is -1.81. The van der Waals surface area contributed by atoms with Gasteiger partial charge in [0.2, 0.25) is 0 Å². The van der Waals surface area contributed by atoms with Crippen LogP contribution in [0.5, 0.6) is 0 Å². The first-order chi connectivity index (χ1) is 12.2. The highest BCUT2D eigenvalue weighted by Gasteiger charge is 2.70. The summed E-state index contributed by atoms with van der Waals surface area (Å²) in [7, 11) is 1.52. The Morgan fingerprint density at radius 1 is 1.32 bits per heavy atom. The van der Waals surface area contributed by atoms with E-state index in [4.69, 9.17) is 4.74 Å². The van der Waals surface area contributed by atoms with E-state index in [9.17, 15) is 4.79 Å². The van der Waals surface area contributed by atoms with Crippen molar-refractivity contribution >= 4 is 11.7 Å². The zero-order valence-corrected chi connectivity index (χ0v) is 14.6. The maximum absolute atomic E-state index is 12.8. The van der Waals surface area contributed by atoms with Crippen LogP contribution in [0.4, 0.5) is 5.69 Å². The van der Waals surface area contributed by atoms with Gasteiger partial charge < -0.3 is 10.1 Å². The number of nitrogens with zero attached hydrogens (tertiary/aromatic N) is 1. The molecule has 0 radical (unpaired) electrons. The molecule has 2 saturated heterocycles. The molecule has 2 bridgehead atoms. The lowest BCUT2D eigenvalue weighted by Gasteiger charge is -2.54. The number of carbonyl (C=O) groups is 1. The SMILES string of the molecule is COC(=O)C1=C[C@@]23CCCN4CC[C@H]([C@H]5c6ccccc6N[C@]15C2)[C@@H]43. The normalized spacial score (nSPS) is 42.9. The van der Waals surface area contributed by atoms with Crippen LogP contribution in [0.15, 0.2) is 35.9 Å². The van der Waals surface area contributed by atoms with Crippen molar-refractivity contribution in [2.45, 2.75) is 43.2 Å². The molecule has 3 fully saturated rings. The molecular weight excluding hydrogens is 312 g/mol. The van der Waals surface area contributed by atoms with E-state index >= 15 is 0 Å². The standard InChI is InChI=1S/C21H24N2O2/c1-25-19(24)15-11-20-8-4-9-23-10-7-14(18(20)23)17-13-5-2-3-6-16(13)22-21(15,17)12-20/h2-3,5-6,11,14,17-18,22H,4,7-10,12H2,1H3/t14-,17-,18-,20+,21-/m1/s1. The molecule has 1 aromatic carbocycles. The lowest BCUT2D eigenvalue weighted by atomic mass is 9.56. The fraction of sp³-hybridized carbons (Fsp3) is 0.571. The van der Waals surface area contributed by atoms with Gasteiger partial charge in [-0.3, -0.25) is 4.90 Å². The molecule has 0 aromatic heterocycles. The highest BCUT2D eigenvalue weighted by atomic mass is 16.5. The Kier molecular flexibility index (Phi) is 2.57. The molecule has 4 heteroatoms. The molecular formula is C21H24N2O2. The number of piperidine rings is 1. The number of nitrogens with one attached hydrogen (secondary N) is 1. The van der Waals surface area contributed by atoms with Gasteiger partial charge in [-0.2, -0.15) is 0 Å². The first-order valence-corrected chi connectivity index (χ1v) is 9.61. The topological polar surface area (TPSA) is 41.6 Å². The maximum atomic E-state index is 12.8. The van der Waals surface area contributed by atoms with E-state index in [0.29, 0.717) is 17.9 Å². The van der Waals surface area contributed by atoms with Crippen LogP contribution < -0.4 is 5.32 Å². The lowest BCUT2D eigenvalue weighted by Crippen LogP contribution is -2.59. The number of carbonyl (C=O) groups excluding carboxylic acids is 1. The summed E-state index contributed by atoms with van der Waals surface area (Å²) in [6.45, 7) is 2.44. The van der Waals surface area contributed by atoms with Crippen LogP contribution in [0.3, 0.4) is 0 Å². The molecule has 4 nitrogen and oxygen atoms in total. The van der Waals surface area contributed by atoms with Crippen molar-refractivity contribution in [2.24, 2.45) is 11.3 Å². The van der Waals surface area contributed by atoms with Gasteiger partial charge in [-0.25, -0.2) is 4.79 Å². The molecule has 0 unspecified atom stereocenters. The highest BCUT2D eigenvalue weighted by molar-refractivity contribution is 5.95. The third-order valence-electron chi connectivity index (χ3n) is 7.76. The first kappa shape index (κ1) is 14.4. The minimum atomic E-state index is -0.259. The van der Waals surface area contributed by atoms with Gasteiger partial charge >= 0.3 is 5.97 Å². The highest BCUT2D eigenvalue weighted by Crippen LogP contribution is 2.69. The Labute approximate surface area is 148 Å². The summed E-state index contributed by atoms with van der Waals surface area (Å²) in [6, 6.07) is 9.28. The van der Waals surface area contributed by atoms with Crippen molar-refractivity contribution in [1.29, 1.82) is 0 Å². The van der Waals surface area contributed by atoms with E-state index in [1.807, 2.05) is 0 Å². The average Bonchev–Trinajstić information content (AvgIpc) is 3.26. The molecule has 1 saturated carbocycles. The number of anilines is 1. The number of rotatable bonds is 1. The predicted octanol–water partition coefficient (Wildman–Crippen LogP) is 2.92. The summed E-state index contributed by atoms with van der Waals surface area (Å²) >= 11 is 0. The minimum Gasteiger partial charge on any atom is -0.466 e. The first-order valence-electron chi connectivity index (χ1n) is 9.61. The zero-order chi connectivity index (χ0) is 16.8. The molecule has 1 N–H and O–H groups in total. The molecule has 2 aliphatic carbocycles. The van der Waals surface area contributed by atoms with Gasteiger partial charge in [0.05, 0.1) is 18.2 Å². The number of ether oxygens (including phenoxy) is 1. The fourth-order valence-corrected chi connectivity index (χ4v) is 7.27. The van der Waals surface area contributed by atoms with Crippen LogP contribution in [0.25, 0.3) is 0 Å². The molecule has 130 valence electrons. The van der Waals surface area contributed by atoms with Gasteiger partial charge in [-0.1, -0.05) is 24.3 Å². The largest absolute Gasteiger partial charge is 0.466 e. The van der Waals surface area contributed by atoms with Crippen molar-refractivity contribution in [3.63, 3.8) is 0 Å². The van der Waals surface area contributed by atoms with Crippen LogP contribution >= 0.6 is 0 Å². The molecule has 5 aliphatic rings. The number of esters is 1. The van der Waals surface area contributed by atoms with Crippen LogP contribution in [0.1, 0.15) is 37.2 Å². The van der Waals surface area contributed by atoms with Gasteiger partial charge in [0.1, 0.15) is 0 Å². The number of methoxy groups -OCH3 is 1. The van der Waals surface area contributed by atoms with Gasteiger partial charge in [-0.15, -0.1) is 0 Å². The summed E-state index contributed by atoms with van der Waals surface area (Å²) in [5, 5.41) is 3.83. The van der Waals surface area contributed by atoms with Crippen LogP contribution in [0, 0.1) is 11.3 Å². The van der Waals surface area contributed by atoms with E-state index in [1.54, 1.807) is 0 Å². The average molecular weight is 336 g/mol. The smallest absolute Gasteiger partial charge is 0.335 e. The third-order valence-corrected chi connectivity index (χ3v) is 7.76. The monoisotopic (exact) mass is 336 g/mol. The van der Waals surface area contributed by atoms with Gasteiger partial charge in [0.25, 0.3) is 0 Å². The van der Waals surface area contributed by atoms with E-state index < -0.39 is 0 Å². The number of hydrogen-bond acceptors (Lipinski definition) is 4. The molecule has 5 atom stereocenters. The van der Waals surface area contributed by atoms with Crippen LogP contribution in [-0.2, 0) is 9.53 Å². The molecule has 25 heavy (non-hydrogen) atoms. The molecule has 3 heterocycles. The molecule has 0 amide bonds. The maximum Gasteiger partial charge on any atom is 0.335 e. The Morgan fingerprint density at radius 2 is 2.20 bits per heavy atom. The number of benzene rings is 1. The van der Waals surface area contributed by atoms with Crippen molar-refractivity contribution in [3.05, 3.63) is 41.5 Å². The van der Waals surface area contributed by atoms with Crippen molar-refractivity contribution in [2.75, 3.05) is 25.5 Å². The van der Waals surface area contributed by atoms with Crippen LogP contribution in [-0.4, -0.2) is 42.6 Å². The molecule has 1 aromatic rings. The van der Waals surface area contributed by atoms with Crippen molar-refractivity contribution < 1.29 is 9.53 Å². The fourth-order valence-electron chi connectivity index (χ4n) is 7.27. The van der Waals surface area contributed by atoms with Crippen LogP contribution in [0.2, 0.25) is 0 Å². The Morgan fingerprint density at radius 3 is 3.08 bits per heavy atom. The molecule has 6 rings (SSSR count). The number of para-hydroxylation sites is 1. The second-order valence-electron chi connectivity index (χ2n) is 8.66. The van der Waals surface area contributed by atoms with E-state index in [0.717, 1.165) is 12.0 Å². The summed E-state index contributed by atoms with van der Waals surface area (Å²) in [4.78, 5) is 15.5. The minimum absolute atomic E-state index is 0.140. The van der Waals surface area contributed by atoms with Gasteiger partial charge in [-0.05, 0) is 56.3 Å². The lowest BCUT2D eigenvalue weighted by molar-refractivity contribution is -0.136. The number of fused-ring (bicyclic) bond motifs is 3. The quantitative estimate of drug-likeness (QED) is 0.801. The van der Waals surface area contributed by atoms with Gasteiger partial charge in [0, 0.05) is 23.1 Å². The molecule has 2 spiro atoms. The van der Waals surface area contributed by atoms with E-state index in [2.05, 4.69) is 40.6 Å². The summed E-state index contributed by atoms with van der Waals surface area (Å²) in [5.74, 6) is 0.876. The summed E-state index contributed by atoms with van der Waals surface area (Å²) < 4.78 is 5.24. The Bertz CT molecular complexity index is 818. The van der Waals surface area contributed by atoms with Crippen molar-refractivity contribution in [1.82, 2.24) is 4.90 Å². The van der Waals surface area contributed by atoms with E-state index in [1.165, 1.54) is 50.7 Å². The summed E-state index contributed by atoms with van der Waals surface area (Å²) in [5.41, 5.74) is 3.41. The second-order valence-corrected chi connectivity index (χ2v) is 8.66. The predicted molar refractivity (Wildman–Crippen MR) is 95.4 cm³/mol. The van der Waals surface area contributed by atoms with Crippen molar-refractivity contribution in [3.8, 4) is 0 Å². The second kappa shape index (κ2) is 4.47. The summed E-state index contributed by atoms with van der Waals surface area (Å²) in [6.07, 6.45) is 7.07. The molecule has 3 aliphatic heterocycles. The number of hydrogen-bond donors (Lipinski definition) is 1. The Balaban J connectivity index is 1.61.